The molecule has 9 atom stereocenters. The lowest BCUT2D eigenvalue weighted by Gasteiger charge is -2.59. The van der Waals surface area contributed by atoms with Crippen molar-refractivity contribution in [1.29, 1.82) is 0 Å². The number of benzene rings is 1. The zero-order chi connectivity index (χ0) is 47.5. The topological polar surface area (TPSA) is 191 Å². The standard InChI is InChI=1S/C49H62FN3O12/c1-24-23-51(19-20-52(24)45(60)64-28(5)63-27(4)54)40-38(50)25(2)35-39(42(40)62-10)53(30-12-13-30)26(3)36(41(35)57)43(58)65-46(6,7)44(59)49(61)18-16-33-32-14-11-29-21-31(55)15-17-47(29,8)37(32)34(56)22-48(33,49)9/h15,17,21,24,28,30,32-34,37,56,61H,11-14,16,18-20,22-23H2,1-10H3/t24?,28?,32-,33-,34-,37+,47-,48-,49-/m0/s1. The molecule has 2 N–H and O–H groups in total. The highest BCUT2D eigenvalue weighted by molar-refractivity contribution is 6.03. The fourth-order valence-electron chi connectivity index (χ4n) is 12.8. The Kier molecular flexibility index (Phi) is 11.5. The summed E-state index contributed by atoms with van der Waals surface area (Å²) in [6.07, 6.45) is 5.96. The van der Waals surface area contributed by atoms with E-state index in [9.17, 15) is 39.0 Å². The lowest BCUT2D eigenvalue weighted by molar-refractivity contribution is -0.188. The van der Waals surface area contributed by atoms with Crippen molar-refractivity contribution in [3.63, 3.8) is 0 Å². The van der Waals surface area contributed by atoms with Crippen molar-refractivity contribution >= 4 is 46.2 Å². The number of ketones is 2. The van der Waals surface area contributed by atoms with Gasteiger partial charge in [0.2, 0.25) is 17.5 Å². The summed E-state index contributed by atoms with van der Waals surface area (Å²) in [5.41, 5.74) is -5.04. The van der Waals surface area contributed by atoms with Crippen molar-refractivity contribution in [2.75, 3.05) is 31.6 Å². The maximum absolute atomic E-state index is 17.0. The number of allylic oxidation sites excluding steroid dienone is 4. The minimum absolute atomic E-state index is 0.0211. The summed E-state index contributed by atoms with van der Waals surface area (Å²) in [7, 11) is 1.39. The number of pyridine rings is 1. The van der Waals surface area contributed by atoms with Gasteiger partial charge in [-0.2, -0.15) is 0 Å². The zero-order valence-corrected chi connectivity index (χ0v) is 39.0. The Morgan fingerprint density at radius 2 is 1.72 bits per heavy atom. The van der Waals surface area contributed by atoms with Crippen LogP contribution in [-0.2, 0) is 28.6 Å². The number of halogens is 1. The molecule has 15 nitrogen and oxygen atoms in total. The number of carbonyl (C=O) groups is 5. The number of rotatable bonds is 9. The van der Waals surface area contributed by atoms with Gasteiger partial charge in [0.15, 0.2) is 23.0 Å². The van der Waals surface area contributed by atoms with Crippen LogP contribution in [-0.4, -0.2) is 106 Å². The van der Waals surface area contributed by atoms with Crippen LogP contribution < -0.4 is 15.1 Å². The van der Waals surface area contributed by atoms with Crippen LogP contribution in [0.5, 0.6) is 5.75 Å². The van der Waals surface area contributed by atoms with Crippen LogP contribution in [0.3, 0.4) is 0 Å². The second kappa shape index (κ2) is 16.1. The van der Waals surface area contributed by atoms with Gasteiger partial charge in [0.05, 0.1) is 24.1 Å². The van der Waals surface area contributed by atoms with Crippen molar-refractivity contribution < 1.29 is 57.5 Å². The second-order valence-electron chi connectivity index (χ2n) is 20.3. The number of amides is 1. The maximum atomic E-state index is 17.0. The molecule has 2 aromatic rings. The summed E-state index contributed by atoms with van der Waals surface area (Å²) < 4.78 is 41.0. The molecular formula is C49H62FN3O12. The Balaban J connectivity index is 1.09. The summed E-state index contributed by atoms with van der Waals surface area (Å²) >= 11 is 0. The van der Waals surface area contributed by atoms with Gasteiger partial charge in [-0.3, -0.25) is 19.2 Å². The van der Waals surface area contributed by atoms with E-state index in [2.05, 4.69) is 6.92 Å². The third-order valence-electron chi connectivity index (χ3n) is 16.0. The van der Waals surface area contributed by atoms with Crippen LogP contribution >= 0.6 is 0 Å². The predicted molar refractivity (Wildman–Crippen MR) is 236 cm³/mol. The van der Waals surface area contributed by atoms with Gasteiger partial charge in [0.1, 0.15) is 16.9 Å². The molecule has 16 heteroatoms. The molecule has 1 aromatic heterocycles. The Bertz CT molecular complexity index is 2530. The molecule has 6 aliphatic rings. The summed E-state index contributed by atoms with van der Waals surface area (Å²) in [5, 5.41) is 24.5. The number of hydrogen-bond donors (Lipinski definition) is 2. The highest BCUT2D eigenvalue weighted by Gasteiger charge is 2.70. The van der Waals surface area contributed by atoms with Crippen molar-refractivity contribution in [1.82, 2.24) is 9.47 Å². The van der Waals surface area contributed by atoms with Crippen LogP contribution in [0.25, 0.3) is 10.9 Å². The van der Waals surface area contributed by atoms with Crippen LogP contribution in [0.15, 0.2) is 28.6 Å². The molecule has 65 heavy (non-hydrogen) atoms. The molecule has 5 fully saturated rings. The number of nitrogens with zero attached hydrogens (tertiary/aromatic N) is 3. The van der Waals surface area contributed by atoms with E-state index in [0.29, 0.717) is 37.6 Å². The number of aromatic nitrogens is 1. The van der Waals surface area contributed by atoms with Crippen LogP contribution in [0.4, 0.5) is 14.9 Å². The van der Waals surface area contributed by atoms with Crippen molar-refractivity contribution in [3.05, 3.63) is 56.7 Å². The summed E-state index contributed by atoms with van der Waals surface area (Å²) in [6, 6.07) is -0.637. The third kappa shape index (κ3) is 7.19. The Labute approximate surface area is 377 Å². The number of aliphatic hydroxyl groups excluding tert-OH is 1. The number of methoxy groups -OCH3 is 1. The number of ether oxygens (including phenoxy) is 4. The van der Waals surface area contributed by atoms with Gasteiger partial charge in [0, 0.05) is 73.6 Å². The largest absolute Gasteiger partial charge is 0.492 e. The Hall–Kier alpha value is -5.09. The molecule has 352 valence electrons. The Morgan fingerprint density at radius 1 is 1.03 bits per heavy atom. The van der Waals surface area contributed by atoms with E-state index in [0.717, 1.165) is 5.57 Å². The number of hydrogen-bond acceptors (Lipinski definition) is 13. The van der Waals surface area contributed by atoms with Gasteiger partial charge in [-0.25, -0.2) is 14.0 Å². The molecule has 4 saturated carbocycles. The number of piperazine rings is 1. The molecular weight excluding hydrogens is 842 g/mol. The molecule has 2 heterocycles. The zero-order valence-electron chi connectivity index (χ0n) is 39.0. The number of aliphatic hydroxyl groups is 2. The average molecular weight is 904 g/mol. The van der Waals surface area contributed by atoms with Crippen molar-refractivity contribution in [3.8, 4) is 5.75 Å². The smallest absolute Gasteiger partial charge is 0.413 e. The van der Waals surface area contributed by atoms with Gasteiger partial charge >= 0.3 is 18.0 Å². The molecule has 5 aliphatic carbocycles. The second-order valence-corrected chi connectivity index (χ2v) is 20.3. The number of carbonyl (C=O) groups excluding carboxylic acids is 5. The monoisotopic (exact) mass is 903 g/mol. The number of aryl methyl sites for hydroxylation is 1. The van der Waals surface area contributed by atoms with Gasteiger partial charge < -0.3 is 43.5 Å². The lowest BCUT2D eigenvalue weighted by Crippen LogP contribution is -2.64. The summed E-state index contributed by atoms with van der Waals surface area (Å²) in [6.45, 7) is 14.7. The van der Waals surface area contributed by atoms with Crippen molar-refractivity contribution in [2.45, 2.75) is 143 Å². The lowest BCUT2D eigenvalue weighted by atomic mass is 9.46. The minimum Gasteiger partial charge on any atom is -0.492 e. The minimum atomic E-state index is -1.98. The first-order valence-corrected chi connectivity index (χ1v) is 22.9. The number of Topliss-reactive ketones (excluding diaryl/α,β-unsaturated/α-hetero) is 1. The van der Waals surface area contributed by atoms with Gasteiger partial charge in [-0.1, -0.05) is 25.5 Å². The summed E-state index contributed by atoms with van der Waals surface area (Å²) in [4.78, 5) is 84.0. The molecule has 8 rings (SSSR count). The molecule has 1 aliphatic heterocycles. The number of fused-ring (bicyclic) bond motifs is 6. The van der Waals surface area contributed by atoms with E-state index in [1.807, 2.05) is 17.6 Å². The number of esters is 2. The van der Waals surface area contributed by atoms with Crippen molar-refractivity contribution in [2.24, 2.45) is 28.6 Å². The van der Waals surface area contributed by atoms with E-state index >= 15 is 4.39 Å². The molecule has 0 radical (unpaired) electrons. The van der Waals surface area contributed by atoms with Crippen LogP contribution in [0, 0.1) is 48.2 Å². The van der Waals surface area contributed by atoms with E-state index in [1.165, 1.54) is 46.6 Å². The van der Waals surface area contributed by atoms with Gasteiger partial charge in [-0.15, -0.1) is 0 Å². The first-order chi connectivity index (χ1) is 30.4. The fraction of sp³-hybridized carbons (Fsp3) is 0.633. The molecule has 0 bridgehead atoms. The molecule has 1 aromatic carbocycles. The Morgan fingerprint density at radius 3 is 2.35 bits per heavy atom. The molecule has 2 unspecified atom stereocenters. The number of anilines is 1. The van der Waals surface area contributed by atoms with E-state index in [1.54, 1.807) is 30.9 Å². The van der Waals surface area contributed by atoms with E-state index < -0.39 is 75.5 Å². The maximum Gasteiger partial charge on any atom is 0.413 e. The van der Waals surface area contributed by atoms with Crippen LogP contribution in [0.2, 0.25) is 0 Å². The molecule has 1 amide bonds. The van der Waals surface area contributed by atoms with E-state index in [4.69, 9.17) is 18.9 Å². The molecule has 0 spiro atoms. The highest BCUT2D eigenvalue weighted by Crippen LogP contribution is 2.67. The predicted octanol–water partition coefficient (Wildman–Crippen LogP) is 6.17. The third-order valence-corrected chi connectivity index (χ3v) is 16.0. The average Bonchev–Trinajstić information content (AvgIpc) is 4.01. The first kappa shape index (κ1) is 46.4. The quantitative estimate of drug-likeness (QED) is 0.215. The summed E-state index contributed by atoms with van der Waals surface area (Å²) in [5.74, 6) is -3.53. The molecule has 1 saturated heterocycles. The first-order valence-electron chi connectivity index (χ1n) is 22.9. The normalized spacial score (nSPS) is 31.4. The van der Waals surface area contributed by atoms with E-state index in [-0.39, 0.29) is 95.7 Å². The highest BCUT2D eigenvalue weighted by atomic mass is 19.1. The van der Waals surface area contributed by atoms with Gasteiger partial charge in [-0.05, 0) is 104 Å². The van der Waals surface area contributed by atoms with Gasteiger partial charge in [0.25, 0.3) is 0 Å². The fourth-order valence-corrected chi connectivity index (χ4v) is 12.8. The SMILES string of the molecule is COc1c(N2CCN(C(=O)OC(C)OC(C)=O)C(C)C2)c(F)c(C)c2c(=O)c(C(=O)OC(C)(C)C(=O)[C@@]3(O)CC[C@H]4[C@@H]5CCC6=CC(=O)C=C[C@]6(C)[C@H]5[C@@H](O)C[C@@]43C)c(C)n(C3CC3)c12. The van der Waals surface area contributed by atoms with Crippen LogP contribution in [0.1, 0.15) is 121 Å².